The first-order valence-electron chi connectivity index (χ1n) is 15.7. The van der Waals surface area contributed by atoms with Gasteiger partial charge in [0.2, 0.25) is 5.95 Å². The van der Waals surface area contributed by atoms with Gasteiger partial charge in [-0.25, -0.2) is 41.3 Å². The lowest BCUT2D eigenvalue weighted by Crippen LogP contribution is -2.44. The normalized spacial score (nSPS) is 14.0. The number of carbonyl (C=O) groups excluding carboxylic acids is 1. The second-order valence-electron chi connectivity index (χ2n) is 12.5. The molecule has 50 heavy (non-hydrogen) atoms. The molecule has 1 saturated heterocycles. The van der Waals surface area contributed by atoms with Crippen molar-refractivity contribution < 1.29 is 31.1 Å². The average Bonchev–Trinajstić information content (AvgIpc) is 3.51. The summed E-state index contributed by atoms with van der Waals surface area (Å²) in [6.07, 6.45) is 2.49. The topological polar surface area (TPSA) is 126 Å². The minimum absolute atomic E-state index is 0.0221. The highest BCUT2D eigenvalue weighted by Crippen LogP contribution is 2.42. The second kappa shape index (κ2) is 14.1. The van der Waals surface area contributed by atoms with Crippen LogP contribution in [0.25, 0.3) is 32.4 Å². The molecule has 0 saturated carbocycles. The molecule has 2 aromatic heterocycles. The molecule has 1 aliphatic rings. The summed E-state index contributed by atoms with van der Waals surface area (Å²) >= 11 is 1.26. The van der Waals surface area contributed by atoms with E-state index >= 15 is 4.39 Å². The first-order chi connectivity index (χ1) is 23.8. The van der Waals surface area contributed by atoms with Gasteiger partial charge >= 0.3 is 6.09 Å². The lowest BCUT2D eigenvalue weighted by Gasteiger charge is -2.33. The van der Waals surface area contributed by atoms with Crippen molar-refractivity contribution in [2.24, 2.45) is 0 Å². The molecule has 15 heteroatoms. The number of likely N-dealkylation sites (tertiary alicyclic amines) is 1. The van der Waals surface area contributed by atoms with Gasteiger partial charge in [-0.3, -0.25) is 4.72 Å². The molecule has 3 aromatic carbocycles. The molecule has 0 spiro atoms. The Morgan fingerprint density at radius 1 is 0.920 bits per heavy atom. The van der Waals surface area contributed by atoms with Gasteiger partial charge in [-0.1, -0.05) is 42.5 Å². The van der Waals surface area contributed by atoms with E-state index in [1.807, 2.05) is 55.8 Å². The number of carbonyl (C=O) groups is 1. The second-order valence-corrected chi connectivity index (χ2v) is 15.2. The summed E-state index contributed by atoms with van der Waals surface area (Å²) in [7, 11) is -4.85. The Hall–Kier alpha value is -5.02. The maximum atomic E-state index is 16.2. The first-order valence-corrected chi connectivity index (χ1v) is 18.0. The van der Waals surface area contributed by atoms with Gasteiger partial charge in [-0.05, 0) is 63.9 Å². The van der Waals surface area contributed by atoms with Crippen LogP contribution in [-0.4, -0.2) is 59.1 Å². The number of benzene rings is 3. The third-order valence-corrected chi connectivity index (χ3v) is 10.2. The molecule has 0 bridgehead atoms. The lowest BCUT2D eigenvalue weighted by molar-refractivity contribution is 0.0210. The molecule has 1 amide bonds. The molecule has 1 fully saturated rings. The fourth-order valence-corrected chi connectivity index (χ4v) is 7.63. The van der Waals surface area contributed by atoms with E-state index in [0.717, 1.165) is 29.8 Å². The van der Waals surface area contributed by atoms with Gasteiger partial charge < -0.3 is 15.0 Å². The van der Waals surface area contributed by atoms with Crippen molar-refractivity contribution >= 4 is 39.1 Å². The zero-order chi connectivity index (χ0) is 35.6. The number of thiazole rings is 1. The van der Waals surface area contributed by atoms with Crippen LogP contribution in [0.15, 0.2) is 83.9 Å². The summed E-state index contributed by atoms with van der Waals surface area (Å²) in [6.45, 7) is 6.46. The molecule has 1 aliphatic heterocycles. The number of aromatic nitrogens is 3. The third kappa shape index (κ3) is 7.73. The van der Waals surface area contributed by atoms with Gasteiger partial charge in [0, 0.05) is 36.5 Å². The van der Waals surface area contributed by atoms with E-state index in [9.17, 15) is 22.0 Å². The fourth-order valence-electron chi connectivity index (χ4n) is 5.38. The van der Waals surface area contributed by atoms with E-state index in [4.69, 9.17) is 14.7 Å². The Labute approximate surface area is 291 Å². The number of sulfonamides is 1. The first kappa shape index (κ1) is 34.8. The molecule has 0 radical (unpaired) electrons. The van der Waals surface area contributed by atoms with Gasteiger partial charge in [-0.15, -0.1) is 11.3 Å². The molecule has 0 atom stereocenters. The molecule has 10 nitrogen and oxygen atoms in total. The number of ether oxygens (including phenoxy) is 1. The highest BCUT2D eigenvalue weighted by Gasteiger charge is 2.29. The number of nitrogens with zero attached hydrogens (tertiary/aromatic N) is 4. The van der Waals surface area contributed by atoms with Crippen molar-refractivity contribution in [3.05, 3.63) is 96.4 Å². The Balaban J connectivity index is 1.31. The zero-order valence-corrected chi connectivity index (χ0v) is 28.9. The molecule has 0 unspecified atom stereocenters. The van der Waals surface area contributed by atoms with Crippen molar-refractivity contribution in [1.29, 1.82) is 0 Å². The van der Waals surface area contributed by atoms with Crippen LogP contribution in [-0.2, 0) is 14.8 Å². The van der Waals surface area contributed by atoms with Crippen molar-refractivity contribution in [3.63, 3.8) is 0 Å². The van der Waals surface area contributed by atoms with Crippen molar-refractivity contribution in [2.45, 2.75) is 50.2 Å². The van der Waals surface area contributed by atoms with Crippen LogP contribution in [0, 0.1) is 17.5 Å². The summed E-state index contributed by atoms with van der Waals surface area (Å²) in [5.41, 5.74) is 0.210. The maximum Gasteiger partial charge on any atom is 0.410 e. The number of anilines is 2. The van der Waals surface area contributed by atoms with Crippen LogP contribution in [0.4, 0.5) is 29.6 Å². The molecular weight excluding hydrogens is 690 g/mol. The Kier molecular flexibility index (Phi) is 9.80. The summed E-state index contributed by atoms with van der Waals surface area (Å²) in [4.78, 5) is 27.3. The monoisotopic (exact) mass is 722 g/mol. The van der Waals surface area contributed by atoms with Crippen LogP contribution in [0.2, 0.25) is 0 Å². The van der Waals surface area contributed by atoms with Gasteiger partial charge in [-0.2, -0.15) is 0 Å². The largest absolute Gasteiger partial charge is 0.444 e. The van der Waals surface area contributed by atoms with Crippen LogP contribution in [0.3, 0.4) is 0 Å². The van der Waals surface area contributed by atoms with Crippen LogP contribution in [0.1, 0.15) is 33.6 Å². The molecule has 2 N–H and O–H groups in total. The van der Waals surface area contributed by atoms with Crippen LogP contribution in [0.5, 0.6) is 0 Å². The van der Waals surface area contributed by atoms with E-state index in [1.165, 1.54) is 23.5 Å². The summed E-state index contributed by atoms with van der Waals surface area (Å²) in [5.74, 6) is -3.30. The fraction of sp³-hybridized carbons (Fsp3) is 0.257. The number of nitrogens with one attached hydrogen (secondary N) is 2. The average molecular weight is 723 g/mol. The van der Waals surface area contributed by atoms with E-state index < -0.39 is 43.7 Å². The number of hydrogen-bond donors (Lipinski definition) is 2. The van der Waals surface area contributed by atoms with Crippen LogP contribution < -0.4 is 10.0 Å². The van der Waals surface area contributed by atoms with E-state index in [2.05, 4.69) is 10.3 Å². The van der Waals surface area contributed by atoms with Crippen molar-refractivity contribution in [2.75, 3.05) is 23.1 Å². The minimum Gasteiger partial charge on any atom is -0.444 e. The maximum absolute atomic E-state index is 16.2. The lowest BCUT2D eigenvalue weighted by atomic mass is 10.1. The highest BCUT2D eigenvalue weighted by molar-refractivity contribution is 7.92. The Morgan fingerprint density at radius 2 is 1.60 bits per heavy atom. The summed E-state index contributed by atoms with van der Waals surface area (Å²) in [6, 6.07) is 17.5. The van der Waals surface area contributed by atoms with Crippen molar-refractivity contribution in [1.82, 2.24) is 19.9 Å². The van der Waals surface area contributed by atoms with E-state index in [0.29, 0.717) is 47.5 Å². The predicted octanol–water partition coefficient (Wildman–Crippen LogP) is 7.96. The molecular formula is C35H33F3N6O4S2. The molecule has 0 aliphatic carbocycles. The summed E-state index contributed by atoms with van der Waals surface area (Å²) in [5, 5.41) is 3.89. The number of hydrogen-bond acceptors (Lipinski definition) is 9. The van der Waals surface area contributed by atoms with E-state index in [-0.39, 0.29) is 23.4 Å². The summed E-state index contributed by atoms with van der Waals surface area (Å²) < 4.78 is 78.5. The van der Waals surface area contributed by atoms with Gasteiger partial charge in [0.25, 0.3) is 10.0 Å². The van der Waals surface area contributed by atoms with Gasteiger partial charge in [0.1, 0.15) is 22.2 Å². The van der Waals surface area contributed by atoms with E-state index in [1.54, 1.807) is 17.2 Å². The molecule has 6 rings (SSSR count). The molecule has 5 aromatic rings. The highest BCUT2D eigenvalue weighted by atomic mass is 32.2. The minimum atomic E-state index is -4.85. The standard InChI is InChI=1S/C35H33F3N6O4S2/c1-35(2,3)48-34(45)44-19-16-22(17-20-44)40-33-39-18-15-27(41-33)30-29(42-32(49-30)21-9-5-4-6-10-21)23-11-7-14-26(28(23)38)43-50(46,47)31-24(36)12-8-13-25(31)37/h4-15,18,22,43H,16-17,19-20H2,1-3H3,(H,39,40,41). The molecule has 260 valence electrons. The number of halogens is 3. The smallest absolute Gasteiger partial charge is 0.410 e. The Morgan fingerprint density at radius 3 is 2.28 bits per heavy atom. The third-order valence-electron chi connectivity index (χ3n) is 7.70. The SMILES string of the molecule is CC(C)(C)OC(=O)N1CCC(Nc2nccc(-c3sc(-c4ccccc4)nc3-c3cccc(NS(=O)(=O)c4c(F)cccc4F)c3F)n2)CC1. The van der Waals surface area contributed by atoms with Gasteiger partial charge in [0.05, 0.1) is 22.0 Å². The number of piperidine rings is 1. The zero-order valence-electron chi connectivity index (χ0n) is 27.3. The van der Waals surface area contributed by atoms with Crippen molar-refractivity contribution in [3.8, 4) is 32.4 Å². The van der Waals surface area contributed by atoms with Crippen LogP contribution >= 0.6 is 11.3 Å². The quantitative estimate of drug-likeness (QED) is 0.165. The number of amides is 1. The predicted molar refractivity (Wildman–Crippen MR) is 186 cm³/mol. The number of rotatable bonds is 8. The molecule has 3 heterocycles. The Bertz CT molecular complexity index is 2110. The van der Waals surface area contributed by atoms with Gasteiger partial charge in [0.15, 0.2) is 10.7 Å².